The average Bonchev–Trinajstić information content (AvgIpc) is 3.00. The van der Waals surface area contributed by atoms with Crippen LogP contribution in [-0.2, 0) is 6.42 Å². The molecular formula is C18H24N4. The van der Waals surface area contributed by atoms with Crippen molar-refractivity contribution in [3.8, 4) is 0 Å². The van der Waals surface area contributed by atoms with E-state index in [2.05, 4.69) is 51.8 Å². The van der Waals surface area contributed by atoms with Crippen molar-refractivity contribution >= 4 is 17.5 Å². The maximum atomic E-state index is 4.60. The highest BCUT2D eigenvalue weighted by atomic mass is 15.2. The molecule has 1 aromatic heterocycles. The zero-order valence-electron chi connectivity index (χ0n) is 13.4. The van der Waals surface area contributed by atoms with Crippen LogP contribution in [0.3, 0.4) is 0 Å². The first kappa shape index (κ1) is 14.8. The highest BCUT2D eigenvalue weighted by molar-refractivity contribution is 5.58. The number of hydrogen-bond acceptors (Lipinski definition) is 4. The summed E-state index contributed by atoms with van der Waals surface area (Å²) in [4.78, 5) is 9.11. The van der Waals surface area contributed by atoms with Gasteiger partial charge >= 0.3 is 0 Å². The molecule has 0 amide bonds. The fourth-order valence-electron chi connectivity index (χ4n) is 2.92. The van der Waals surface area contributed by atoms with Crippen molar-refractivity contribution in [1.29, 1.82) is 0 Å². The minimum atomic E-state index is 0.526. The zero-order chi connectivity index (χ0) is 15.4. The van der Waals surface area contributed by atoms with Gasteiger partial charge < -0.3 is 10.6 Å². The second-order valence-electron chi connectivity index (χ2n) is 6.02. The van der Waals surface area contributed by atoms with E-state index in [-0.39, 0.29) is 0 Å². The SMILES string of the molecule is CCc1ccc(Nc2cc(C)nc(NC3CCCC3)n2)cc1. The topological polar surface area (TPSA) is 49.8 Å². The van der Waals surface area contributed by atoms with Crippen molar-refractivity contribution in [2.45, 2.75) is 52.0 Å². The van der Waals surface area contributed by atoms with Crippen molar-refractivity contribution in [1.82, 2.24) is 9.97 Å². The van der Waals surface area contributed by atoms with Crippen LogP contribution >= 0.6 is 0 Å². The van der Waals surface area contributed by atoms with Crippen LogP contribution in [0.4, 0.5) is 17.5 Å². The maximum absolute atomic E-state index is 4.60. The summed E-state index contributed by atoms with van der Waals surface area (Å²) < 4.78 is 0. The molecule has 22 heavy (non-hydrogen) atoms. The summed E-state index contributed by atoms with van der Waals surface area (Å²) >= 11 is 0. The fraction of sp³-hybridized carbons (Fsp3) is 0.444. The van der Waals surface area contributed by atoms with Crippen LogP contribution < -0.4 is 10.6 Å². The predicted molar refractivity (Wildman–Crippen MR) is 91.8 cm³/mol. The largest absolute Gasteiger partial charge is 0.351 e. The van der Waals surface area contributed by atoms with Crippen LogP contribution in [0.2, 0.25) is 0 Å². The summed E-state index contributed by atoms with van der Waals surface area (Å²) in [5, 5.41) is 6.83. The Labute approximate surface area is 132 Å². The lowest BCUT2D eigenvalue weighted by atomic mass is 10.1. The molecule has 1 aliphatic carbocycles. The third-order valence-electron chi connectivity index (χ3n) is 4.18. The number of aryl methyl sites for hydroxylation is 2. The summed E-state index contributed by atoms with van der Waals surface area (Å²) in [6.07, 6.45) is 6.11. The van der Waals surface area contributed by atoms with Gasteiger partial charge in [-0.2, -0.15) is 4.98 Å². The number of nitrogens with zero attached hydrogens (tertiary/aromatic N) is 2. The molecule has 0 spiro atoms. The quantitative estimate of drug-likeness (QED) is 0.856. The molecule has 1 saturated carbocycles. The Morgan fingerprint density at radius 3 is 2.50 bits per heavy atom. The molecule has 2 N–H and O–H groups in total. The molecule has 0 aliphatic heterocycles. The van der Waals surface area contributed by atoms with Gasteiger partial charge in [0.05, 0.1) is 0 Å². The number of hydrogen-bond donors (Lipinski definition) is 2. The lowest BCUT2D eigenvalue weighted by Crippen LogP contribution is -2.17. The minimum Gasteiger partial charge on any atom is -0.351 e. The lowest BCUT2D eigenvalue weighted by molar-refractivity contribution is 0.743. The Balaban J connectivity index is 1.73. The molecule has 0 atom stereocenters. The third kappa shape index (κ3) is 3.75. The molecular weight excluding hydrogens is 272 g/mol. The van der Waals surface area contributed by atoms with Gasteiger partial charge in [0.25, 0.3) is 0 Å². The Hall–Kier alpha value is -2.10. The zero-order valence-corrected chi connectivity index (χ0v) is 13.4. The summed E-state index contributed by atoms with van der Waals surface area (Å²) in [6, 6.07) is 11.0. The summed E-state index contributed by atoms with van der Waals surface area (Å²) in [7, 11) is 0. The van der Waals surface area contributed by atoms with E-state index in [1.54, 1.807) is 0 Å². The highest BCUT2D eigenvalue weighted by Crippen LogP contribution is 2.22. The van der Waals surface area contributed by atoms with E-state index >= 15 is 0 Å². The fourth-order valence-corrected chi connectivity index (χ4v) is 2.92. The van der Waals surface area contributed by atoms with Gasteiger partial charge in [-0.1, -0.05) is 31.9 Å². The van der Waals surface area contributed by atoms with Crippen molar-refractivity contribution in [2.24, 2.45) is 0 Å². The second kappa shape index (κ2) is 6.77. The number of rotatable bonds is 5. The van der Waals surface area contributed by atoms with Crippen LogP contribution in [0.25, 0.3) is 0 Å². The van der Waals surface area contributed by atoms with E-state index < -0.39 is 0 Å². The van der Waals surface area contributed by atoms with E-state index in [9.17, 15) is 0 Å². The molecule has 0 saturated heterocycles. The molecule has 0 radical (unpaired) electrons. The third-order valence-corrected chi connectivity index (χ3v) is 4.18. The van der Waals surface area contributed by atoms with Gasteiger partial charge in [-0.3, -0.25) is 0 Å². The molecule has 1 aliphatic rings. The van der Waals surface area contributed by atoms with Crippen molar-refractivity contribution in [3.05, 3.63) is 41.6 Å². The standard InChI is InChI=1S/C18H24N4/c1-3-14-8-10-16(11-9-14)20-17-12-13(2)19-18(22-17)21-15-6-4-5-7-15/h8-12,15H,3-7H2,1-2H3,(H2,19,20,21,22). The maximum Gasteiger partial charge on any atom is 0.225 e. The van der Waals surface area contributed by atoms with Crippen LogP contribution in [0.15, 0.2) is 30.3 Å². The van der Waals surface area contributed by atoms with Gasteiger partial charge in [0.1, 0.15) is 5.82 Å². The molecule has 4 heteroatoms. The summed E-state index contributed by atoms with van der Waals surface area (Å²) in [5.41, 5.74) is 3.37. The average molecular weight is 296 g/mol. The van der Waals surface area contributed by atoms with Crippen LogP contribution in [0.1, 0.15) is 43.9 Å². The Bertz CT molecular complexity index is 615. The Morgan fingerprint density at radius 2 is 1.82 bits per heavy atom. The molecule has 4 nitrogen and oxygen atoms in total. The second-order valence-corrected chi connectivity index (χ2v) is 6.02. The van der Waals surface area contributed by atoms with Gasteiger partial charge in [-0.05, 0) is 43.9 Å². The molecule has 2 aromatic rings. The number of nitrogens with one attached hydrogen (secondary N) is 2. The molecule has 0 unspecified atom stereocenters. The molecule has 116 valence electrons. The van der Waals surface area contributed by atoms with Crippen LogP contribution in [0, 0.1) is 6.92 Å². The molecule has 1 fully saturated rings. The first-order chi connectivity index (χ1) is 10.7. The van der Waals surface area contributed by atoms with Crippen molar-refractivity contribution in [2.75, 3.05) is 10.6 Å². The van der Waals surface area contributed by atoms with E-state index in [1.807, 2.05) is 13.0 Å². The molecule has 3 rings (SSSR count). The summed E-state index contributed by atoms with van der Waals surface area (Å²) in [5.74, 6) is 1.58. The first-order valence-electron chi connectivity index (χ1n) is 8.21. The van der Waals surface area contributed by atoms with Crippen LogP contribution in [0.5, 0.6) is 0 Å². The van der Waals surface area contributed by atoms with Gasteiger partial charge in [0.15, 0.2) is 0 Å². The summed E-state index contributed by atoms with van der Waals surface area (Å²) in [6.45, 7) is 4.17. The minimum absolute atomic E-state index is 0.526. The van der Waals surface area contributed by atoms with E-state index in [1.165, 1.54) is 31.2 Å². The number of benzene rings is 1. The predicted octanol–water partition coefficient (Wildman–Crippen LogP) is 4.45. The van der Waals surface area contributed by atoms with Gasteiger partial charge in [-0.15, -0.1) is 0 Å². The van der Waals surface area contributed by atoms with E-state index in [0.29, 0.717) is 6.04 Å². The number of anilines is 3. The van der Waals surface area contributed by atoms with Crippen molar-refractivity contribution < 1.29 is 0 Å². The van der Waals surface area contributed by atoms with Gasteiger partial charge in [0.2, 0.25) is 5.95 Å². The van der Waals surface area contributed by atoms with E-state index in [0.717, 1.165) is 29.6 Å². The van der Waals surface area contributed by atoms with Crippen LogP contribution in [-0.4, -0.2) is 16.0 Å². The Kier molecular flexibility index (Phi) is 4.56. The number of aromatic nitrogens is 2. The molecule has 1 aromatic carbocycles. The smallest absolute Gasteiger partial charge is 0.225 e. The first-order valence-corrected chi connectivity index (χ1v) is 8.21. The van der Waals surface area contributed by atoms with Gasteiger partial charge in [-0.25, -0.2) is 4.98 Å². The molecule has 1 heterocycles. The van der Waals surface area contributed by atoms with Crippen molar-refractivity contribution in [3.63, 3.8) is 0 Å². The molecule has 0 bridgehead atoms. The Morgan fingerprint density at radius 1 is 1.09 bits per heavy atom. The lowest BCUT2D eigenvalue weighted by Gasteiger charge is -2.14. The highest BCUT2D eigenvalue weighted by Gasteiger charge is 2.16. The normalized spacial score (nSPS) is 15.0. The van der Waals surface area contributed by atoms with E-state index in [4.69, 9.17) is 0 Å². The van der Waals surface area contributed by atoms with Gasteiger partial charge in [0, 0.05) is 23.5 Å². The monoisotopic (exact) mass is 296 g/mol.